The van der Waals surface area contributed by atoms with E-state index >= 15 is 0 Å². The lowest BCUT2D eigenvalue weighted by Crippen LogP contribution is -2.13. The van der Waals surface area contributed by atoms with E-state index in [-0.39, 0.29) is 40.8 Å². The number of aromatic nitrogens is 3. The van der Waals surface area contributed by atoms with Crippen LogP contribution < -0.4 is 5.73 Å². The van der Waals surface area contributed by atoms with E-state index in [1.54, 1.807) is 24.3 Å². The fourth-order valence-electron chi connectivity index (χ4n) is 3.35. The average Bonchev–Trinajstić information content (AvgIpc) is 3.05. The third-order valence-electron chi connectivity index (χ3n) is 5.33. The number of nitrogen functional groups attached to an aromatic ring is 1. The minimum Gasteiger partial charge on any atom is -0.462 e. The lowest BCUT2D eigenvalue weighted by Gasteiger charge is -2.12. The normalized spacial score (nSPS) is 12.9. The van der Waals surface area contributed by atoms with Crippen molar-refractivity contribution in [2.75, 3.05) is 12.3 Å². The molecule has 4 aromatic rings. The van der Waals surface area contributed by atoms with Crippen LogP contribution in [0.1, 0.15) is 36.2 Å². The van der Waals surface area contributed by atoms with Crippen LogP contribution >= 0.6 is 0 Å². The Hall–Kier alpha value is -3.62. The first-order valence-electron chi connectivity index (χ1n) is 10.1. The fraction of sp³-hybridized carbons (Fsp3) is 0.261. The van der Waals surface area contributed by atoms with Gasteiger partial charge in [-0.1, -0.05) is 38.5 Å². The van der Waals surface area contributed by atoms with Gasteiger partial charge < -0.3 is 10.5 Å². The van der Waals surface area contributed by atoms with E-state index in [1.165, 1.54) is 16.7 Å². The van der Waals surface area contributed by atoms with Crippen molar-refractivity contribution in [2.24, 2.45) is 5.92 Å². The lowest BCUT2D eigenvalue weighted by atomic mass is 10.1. The van der Waals surface area contributed by atoms with E-state index in [1.807, 2.05) is 13.8 Å². The highest BCUT2D eigenvalue weighted by Gasteiger charge is 2.32. The molecular formula is C23H21F3N4O2. The number of halogens is 3. The molecule has 4 rings (SSSR count). The zero-order valence-corrected chi connectivity index (χ0v) is 17.5. The van der Waals surface area contributed by atoms with Gasteiger partial charge in [0.25, 0.3) is 0 Å². The molecule has 6 nitrogen and oxygen atoms in total. The maximum absolute atomic E-state index is 13.3. The highest BCUT2D eigenvalue weighted by Crippen LogP contribution is 2.35. The summed E-state index contributed by atoms with van der Waals surface area (Å²) >= 11 is 0. The van der Waals surface area contributed by atoms with Crippen LogP contribution in [0.5, 0.6) is 0 Å². The molecular weight excluding hydrogens is 421 g/mol. The van der Waals surface area contributed by atoms with Gasteiger partial charge in [-0.2, -0.15) is 13.2 Å². The molecule has 2 aromatic carbocycles. The molecule has 1 atom stereocenters. The molecule has 2 heterocycles. The Labute approximate surface area is 181 Å². The Bertz CT molecular complexity index is 1310. The Balaban J connectivity index is 1.96. The van der Waals surface area contributed by atoms with Gasteiger partial charge in [0, 0.05) is 5.69 Å². The van der Waals surface area contributed by atoms with Gasteiger partial charge in [0.2, 0.25) is 0 Å². The molecule has 0 aliphatic carbocycles. The molecule has 0 spiro atoms. The number of benzene rings is 2. The monoisotopic (exact) mass is 442 g/mol. The van der Waals surface area contributed by atoms with Crippen molar-refractivity contribution in [1.82, 2.24) is 14.5 Å². The zero-order chi connectivity index (χ0) is 23.0. The highest BCUT2D eigenvalue weighted by molar-refractivity contribution is 6.09. The van der Waals surface area contributed by atoms with Gasteiger partial charge in [0.1, 0.15) is 16.9 Å². The first-order valence-corrected chi connectivity index (χ1v) is 10.1. The number of nitrogens with zero attached hydrogens (tertiary/aromatic N) is 3. The van der Waals surface area contributed by atoms with E-state index in [0.717, 1.165) is 18.6 Å². The minimum absolute atomic E-state index is 0.0148. The molecule has 0 bridgehead atoms. The molecule has 2 aromatic heterocycles. The molecule has 0 amide bonds. The number of hydrogen-bond acceptors (Lipinski definition) is 5. The molecule has 0 aliphatic rings. The van der Waals surface area contributed by atoms with Crippen molar-refractivity contribution in [1.29, 1.82) is 0 Å². The van der Waals surface area contributed by atoms with Crippen molar-refractivity contribution in [3.8, 4) is 5.69 Å². The van der Waals surface area contributed by atoms with Crippen LogP contribution in [0.3, 0.4) is 0 Å². The molecule has 2 N–H and O–H groups in total. The summed E-state index contributed by atoms with van der Waals surface area (Å²) in [7, 11) is 0. The summed E-state index contributed by atoms with van der Waals surface area (Å²) in [4.78, 5) is 22.0. The number of anilines is 1. The number of nitrogens with two attached hydrogens (primary N) is 1. The summed E-state index contributed by atoms with van der Waals surface area (Å²) < 4.78 is 46.7. The zero-order valence-electron chi connectivity index (χ0n) is 17.5. The van der Waals surface area contributed by atoms with Crippen LogP contribution in [0, 0.1) is 5.92 Å². The van der Waals surface area contributed by atoms with Gasteiger partial charge in [-0.15, -0.1) is 0 Å². The largest absolute Gasteiger partial charge is 0.462 e. The number of rotatable bonds is 5. The second-order valence-electron chi connectivity index (χ2n) is 7.64. The summed E-state index contributed by atoms with van der Waals surface area (Å²) in [6, 6.07) is 11.7. The van der Waals surface area contributed by atoms with Gasteiger partial charge in [0.15, 0.2) is 5.65 Å². The van der Waals surface area contributed by atoms with E-state index in [0.29, 0.717) is 11.0 Å². The van der Waals surface area contributed by atoms with Gasteiger partial charge in [-0.3, -0.25) is 4.57 Å². The molecule has 0 saturated carbocycles. The molecule has 9 heteroatoms. The first kappa shape index (κ1) is 21.6. The van der Waals surface area contributed by atoms with E-state index < -0.39 is 17.7 Å². The summed E-state index contributed by atoms with van der Waals surface area (Å²) in [5, 5.41) is 0. The highest BCUT2D eigenvalue weighted by atomic mass is 19.4. The minimum atomic E-state index is -4.54. The second kappa shape index (κ2) is 8.14. The SMILES string of the molecule is CCC(C)COC(=O)c1c(N)n(-c2cccc(C(F)(F)F)c2)c2nc3ccccc3nc12. The Morgan fingerprint density at radius 3 is 2.47 bits per heavy atom. The van der Waals surface area contributed by atoms with Crippen LogP contribution in [0.15, 0.2) is 48.5 Å². The van der Waals surface area contributed by atoms with Gasteiger partial charge in [-0.05, 0) is 36.2 Å². The van der Waals surface area contributed by atoms with Crippen molar-refractivity contribution >= 4 is 34.0 Å². The molecule has 32 heavy (non-hydrogen) atoms. The number of hydrogen-bond donors (Lipinski definition) is 1. The molecule has 0 saturated heterocycles. The maximum Gasteiger partial charge on any atom is 0.416 e. The number of ether oxygens (including phenoxy) is 1. The third-order valence-corrected chi connectivity index (χ3v) is 5.33. The number of para-hydroxylation sites is 2. The van der Waals surface area contributed by atoms with Crippen LogP contribution in [0.4, 0.5) is 19.0 Å². The number of alkyl halides is 3. The average molecular weight is 442 g/mol. The van der Waals surface area contributed by atoms with Gasteiger partial charge in [-0.25, -0.2) is 14.8 Å². The van der Waals surface area contributed by atoms with Crippen molar-refractivity contribution < 1.29 is 22.7 Å². The molecule has 0 radical (unpaired) electrons. The predicted octanol–water partition coefficient (Wildman–Crippen LogP) is 5.38. The molecule has 0 fully saturated rings. The standard InChI is InChI=1S/C23H21F3N4O2/c1-3-13(2)12-32-22(31)18-19-21(29-17-10-5-4-9-16(17)28-19)30(20(18)27)15-8-6-7-14(11-15)23(24,25)26/h4-11,13H,3,12,27H2,1-2H3. The van der Waals surface area contributed by atoms with Crippen molar-refractivity contribution in [3.05, 3.63) is 59.7 Å². The summed E-state index contributed by atoms with van der Waals surface area (Å²) in [6.07, 6.45) is -3.72. The molecule has 1 unspecified atom stereocenters. The Morgan fingerprint density at radius 1 is 1.12 bits per heavy atom. The van der Waals surface area contributed by atoms with E-state index in [2.05, 4.69) is 9.97 Å². The van der Waals surface area contributed by atoms with Crippen molar-refractivity contribution in [2.45, 2.75) is 26.4 Å². The second-order valence-corrected chi connectivity index (χ2v) is 7.64. The summed E-state index contributed by atoms with van der Waals surface area (Å²) in [5.41, 5.74) is 6.97. The molecule has 166 valence electrons. The summed E-state index contributed by atoms with van der Waals surface area (Å²) in [5.74, 6) is -0.629. The van der Waals surface area contributed by atoms with Crippen LogP contribution in [-0.2, 0) is 10.9 Å². The van der Waals surface area contributed by atoms with Crippen LogP contribution in [0.25, 0.3) is 27.9 Å². The third kappa shape index (κ3) is 3.86. The Morgan fingerprint density at radius 2 is 1.81 bits per heavy atom. The number of carbonyl (C=O) groups excluding carboxylic acids is 1. The van der Waals surface area contributed by atoms with Crippen molar-refractivity contribution in [3.63, 3.8) is 0 Å². The van der Waals surface area contributed by atoms with E-state index in [9.17, 15) is 18.0 Å². The lowest BCUT2D eigenvalue weighted by molar-refractivity contribution is -0.137. The fourth-order valence-corrected chi connectivity index (χ4v) is 3.35. The molecule has 0 aliphatic heterocycles. The summed E-state index contributed by atoms with van der Waals surface area (Å²) in [6.45, 7) is 4.10. The topological polar surface area (TPSA) is 83.0 Å². The van der Waals surface area contributed by atoms with Gasteiger partial charge >= 0.3 is 12.1 Å². The van der Waals surface area contributed by atoms with Crippen LogP contribution in [-0.4, -0.2) is 27.1 Å². The predicted molar refractivity (Wildman–Crippen MR) is 116 cm³/mol. The van der Waals surface area contributed by atoms with Gasteiger partial charge in [0.05, 0.1) is 23.2 Å². The Kier molecular flexibility index (Phi) is 5.50. The number of esters is 1. The maximum atomic E-state index is 13.3. The quantitative estimate of drug-likeness (QED) is 0.420. The number of fused-ring (bicyclic) bond motifs is 2. The smallest absolute Gasteiger partial charge is 0.416 e. The number of carbonyl (C=O) groups is 1. The first-order chi connectivity index (χ1) is 15.2. The van der Waals surface area contributed by atoms with E-state index in [4.69, 9.17) is 10.5 Å². The van der Waals surface area contributed by atoms with Crippen LogP contribution in [0.2, 0.25) is 0 Å².